The minimum atomic E-state index is -0.405. The summed E-state index contributed by atoms with van der Waals surface area (Å²) in [5.74, 6) is 0.0148. The summed E-state index contributed by atoms with van der Waals surface area (Å²) in [6.07, 6.45) is 0. The van der Waals surface area contributed by atoms with Crippen LogP contribution in [0.3, 0.4) is 0 Å². The van der Waals surface area contributed by atoms with Gasteiger partial charge in [-0.25, -0.2) is 0 Å². The molecule has 0 aliphatic carbocycles. The smallest absolute Gasteiger partial charge is 0.269 e. The number of methoxy groups -OCH3 is 1. The molecule has 1 heterocycles. The van der Waals surface area contributed by atoms with E-state index in [1.54, 1.807) is 19.2 Å². The van der Waals surface area contributed by atoms with Gasteiger partial charge in [-0.1, -0.05) is 18.2 Å². The Bertz CT molecular complexity index is 784. The van der Waals surface area contributed by atoms with Crippen molar-refractivity contribution in [3.05, 3.63) is 69.8 Å². The molecular weight excluding hydrogens is 334 g/mol. The van der Waals surface area contributed by atoms with Crippen LogP contribution in [0.2, 0.25) is 0 Å². The largest absolute Gasteiger partial charge is 0.380 e. The highest BCUT2D eigenvalue weighted by Gasteiger charge is 2.24. The lowest BCUT2D eigenvalue weighted by Crippen LogP contribution is -2.49. The Labute approximate surface area is 151 Å². The number of hydrogen-bond donors (Lipinski definition) is 0. The zero-order valence-electron chi connectivity index (χ0n) is 14.6. The Morgan fingerprint density at radius 3 is 2.35 bits per heavy atom. The summed E-state index contributed by atoms with van der Waals surface area (Å²) in [6, 6.07) is 14.0. The van der Waals surface area contributed by atoms with Crippen LogP contribution in [0.25, 0.3) is 0 Å². The fourth-order valence-electron chi connectivity index (χ4n) is 3.13. The molecule has 136 valence electrons. The van der Waals surface area contributed by atoms with Crippen LogP contribution in [0.1, 0.15) is 15.9 Å². The molecule has 0 bridgehead atoms. The van der Waals surface area contributed by atoms with Gasteiger partial charge in [0.2, 0.25) is 0 Å². The minimum Gasteiger partial charge on any atom is -0.380 e. The summed E-state index contributed by atoms with van der Waals surface area (Å²) < 4.78 is 5.18. The number of piperazine rings is 1. The molecule has 0 radical (unpaired) electrons. The second-order valence-corrected chi connectivity index (χ2v) is 6.14. The second kappa shape index (κ2) is 7.97. The number of carbonyl (C=O) groups is 1. The fraction of sp³-hybridized carbons (Fsp3) is 0.316. The maximum Gasteiger partial charge on any atom is 0.269 e. The normalized spacial score (nSPS) is 14.3. The molecule has 7 heteroatoms. The average molecular weight is 355 g/mol. The Morgan fingerprint density at radius 2 is 1.73 bits per heavy atom. The molecule has 0 aromatic heterocycles. The molecule has 0 N–H and O–H groups in total. The lowest BCUT2D eigenvalue weighted by Gasteiger charge is -2.36. The van der Waals surface area contributed by atoms with Crippen LogP contribution in [-0.4, -0.2) is 49.0 Å². The van der Waals surface area contributed by atoms with Gasteiger partial charge in [0.15, 0.2) is 0 Å². The number of amides is 1. The number of anilines is 1. The molecule has 1 aliphatic heterocycles. The SMILES string of the molecule is COCc1ccccc1C(=O)N1CCN(c2ccc([N+](=O)[O-])cc2)CC1. The summed E-state index contributed by atoms with van der Waals surface area (Å²) in [5, 5.41) is 10.8. The van der Waals surface area contributed by atoms with E-state index in [1.807, 2.05) is 29.2 Å². The third-order valence-corrected chi connectivity index (χ3v) is 4.54. The third-order valence-electron chi connectivity index (χ3n) is 4.54. The van der Waals surface area contributed by atoms with Crippen LogP contribution in [0.5, 0.6) is 0 Å². The van der Waals surface area contributed by atoms with Crippen molar-refractivity contribution in [2.75, 3.05) is 38.2 Å². The van der Waals surface area contributed by atoms with Crippen LogP contribution >= 0.6 is 0 Å². The maximum absolute atomic E-state index is 12.8. The van der Waals surface area contributed by atoms with Gasteiger partial charge < -0.3 is 14.5 Å². The molecule has 2 aromatic carbocycles. The topological polar surface area (TPSA) is 75.9 Å². The summed E-state index contributed by atoms with van der Waals surface area (Å²) in [5.41, 5.74) is 2.58. The molecule has 26 heavy (non-hydrogen) atoms. The quantitative estimate of drug-likeness (QED) is 0.609. The molecule has 1 aliphatic rings. The molecule has 1 saturated heterocycles. The molecule has 3 rings (SSSR count). The predicted molar refractivity (Wildman–Crippen MR) is 98.4 cm³/mol. The molecule has 0 saturated carbocycles. The fourth-order valence-corrected chi connectivity index (χ4v) is 3.13. The van der Waals surface area contributed by atoms with E-state index >= 15 is 0 Å². The van der Waals surface area contributed by atoms with Crippen molar-refractivity contribution in [1.82, 2.24) is 4.90 Å². The van der Waals surface area contributed by atoms with Crippen LogP contribution < -0.4 is 4.90 Å². The van der Waals surface area contributed by atoms with Gasteiger partial charge in [-0.05, 0) is 23.8 Å². The number of nitro groups is 1. The Kier molecular flexibility index (Phi) is 5.48. The first-order chi connectivity index (χ1) is 12.6. The van der Waals surface area contributed by atoms with Crippen molar-refractivity contribution in [3.8, 4) is 0 Å². The number of benzene rings is 2. The summed E-state index contributed by atoms with van der Waals surface area (Å²) in [6.45, 7) is 3.00. The standard InChI is InChI=1S/C19H21N3O4/c1-26-14-15-4-2-3-5-18(15)19(23)21-12-10-20(11-13-21)16-6-8-17(9-7-16)22(24)25/h2-9H,10-14H2,1H3. The van der Waals surface area contributed by atoms with E-state index in [-0.39, 0.29) is 11.6 Å². The monoisotopic (exact) mass is 355 g/mol. The number of non-ortho nitro benzene ring substituents is 1. The zero-order valence-corrected chi connectivity index (χ0v) is 14.6. The maximum atomic E-state index is 12.8. The van der Waals surface area contributed by atoms with Crippen LogP contribution in [-0.2, 0) is 11.3 Å². The highest BCUT2D eigenvalue weighted by atomic mass is 16.6. The number of carbonyl (C=O) groups excluding carboxylic acids is 1. The lowest BCUT2D eigenvalue weighted by molar-refractivity contribution is -0.384. The molecule has 1 fully saturated rings. The third kappa shape index (κ3) is 3.83. The van der Waals surface area contributed by atoms with Gasteiger partial charge in [0.1, 0.15) is 0 Å². The second-order valence-electron chi connectivity index (χ2n) is 6.14. The van der Waals surface area contributed by atoms with Crippen LogP contribution in [0.4, 0.5) is 11.4 Å². The van der Waals surface area contributed by atoms with Crippen molar-refractivity contribution in [2.45, 2.75) is 6.61 Å². The van der Waals surface area contributed by atoms with Crippen molar-refractivity contribution >= 4 is 17.3 Å². The highest BCUT2D eigenvalue weighted by Crippen LogP contribution is 2.21. The van der Waals surface area contributed by atoms with E-state index < -0.39 is 4.92 Å². The molecule has 0 unspecified atom stereocenters. The van der Waals surface area contributed by atoms with Crippen molar-refractivity contribution in [3.63, 3.8) is 0 Å². The van der Waals surface area contributed by atoms with Gasteiger partial charge in [-0.2, -0.15) is 0 Å². The molecule has 0 spiro atoms. The van der Waals surface area contributed by atoms with E-state index in [0.717, 1.165) is 11.3 Å². The Hall–Kier alpha value is -2.93. The number of ether oxygens (including phenoxy) is 1. The molecular formula is C19H21N3O4. The molecule has 1 amide bonds. The van der Waals surface area contributed by atoms with E-state index in [4.69, 9.17) is 4.74 Å². The first-order valence-corrected chi connectivity index (χ1v) is 8.45. The number of nitro benzene ring substituents is 1. The highest BCUT2D eigenvalue weighted by molar-refractivity contribution is 5.95. The molecule has 2 aromatic rings. The molecule has 7 nitrogen and oxygen atoms in total. The van der Waals surface area contributed by atoms with Crippen molar-refractivity contribution in [1.29, 1.82) is 0 Å². The van der Waals surface area contributed by atoms with Gasteiger partial charge in [0.05, 0.1) is 11.5 Å². The minimum absolute atomic E-state index is 0.0148. The van der Waals surface area contributed by atoms with E-state index in [0.29, 0.717) is 38.3 Å². The summed E-state index contributed by atoms with van der Waals surface area (Å²) >= 11 is 0. The first-order valence-electron chi connectivity index (χ1n) is 8.45. The predicted octanol–water partition coefficient (Wildman–Crippen LogP) is 2.70. The van der Waals surface area contributed by atoms with Gasteiger partial charge in [0, 0.05) is 56.7 Å². The summed E-state index contributed by atoms with van der Waals surface area (Å²) in [7, 11) is 1.62. The van der Waals surface area contributed by atoms with Crippen molar-refractivity contribution < 1.29 is 14.5 Å². The summed E-state index contributed by atoms with van der Waals surface area (Å²) in [4.78, 5) is 27.2. The Balaban J connectivity index is 1.65. The number of hydrogen-bond acceptors (Lipinski definition) is 5. The lowest BCUT2D eigenvalue weighted by atomic mass is 10.1. The van der Waals surface area contributed by atoms with E-state index in [9.17, 15) is 14.9 Å². The van der Waals surface area contributed by atoms with Crippen LogP contribution in [0, 0.1) is 10.1 Å². The van der Waals surface area contributed by atoms with E-state index in [2.05, 4.69) is 4.90 Å². The van der Waals surface area contributed by atoms with Gasteiger partial charge in [0.25, 0.3) is 11.6 Å². The first kappa shape index (κ1) is 17.9. The zero-order chi connectivity index (χ0) is 18.5. The number of nitrogens with zero attached hydrogens (tertiary/aromatic N) is 3. The van der Waals surface area contributed by atoms with Gasteiger partial charge in [-0.15, -0.1) is 0 Å². The van der Waals surface area contributed by atoms with Gasteiger partial charge in [-0.3, -0.25) is 14.9 Å². The van der Waals surface area contributed by atoms with Crippen molar-refractivity contribution in [2.24, 2.45) is 0 Å². The van der Waals surface area contributed by atoms with Crippen LogP contribution in [0.15, 0.2) is 48.5 Å². The average Bonchev–Trinajstić information content (AvgIpc) is 2.68. The van der Waals surface area contributed by atoms with Gasteiger partial charge >= 0.3 is 0 Å². The van der Waals surface area contributed by atoms with E-state index in [1.165, 1.54) is 12.1 Å². The number of rotatable bonds is 5. The molecule has 0 atom stereocenters. The Morgan fingerprint density at radius 1 is 1.08 bits per heavy atom.